The molecule has 1 fully saturated rings. The van der Waals surface area contributed by atoms with Gasteiger partial charge in [0.05, 0.1) is 19.1 Å². The number of ether oxygens (including phenoxy) is 1. The van der Waals surface area contributed by atoms with Gasteiger partial charge in [0.25, 0.3) is 5.56 Å². The number of nitrogens with zero attached hydrogens (tertiary/aromatic N) is 2. The summed E-state index contributed by atoms with van der Waals surface area (Å²) >= 11 is 0. The van der Waals surface area contributed by atoms with Crippen LogP contribution in [-0.4, -0.2) is 59.4 Å². The van der Waals surface area contributed by atoms with Gasteiger partial charge >= 0.3 is 5.97 Å². The number of fused-ring (bicyclic) bond motifs is 3. The van der Waals surface area contributed by atoms with Crippen molar-refractivity contribution in [1.29, 1.82) is 0 Å². The maximum absolute atomic E-state index is 12.9. The van der Waals surface area contributed by atoms with Gasteiger partial charge in [-0.25, -0.2) is 0 Å². The molecule has 7 heteroatoms. The lowest BCUT2D eigenvalue weighted by Crippen LogP contribution is -2.46. The van der Waals surface area contributed by atoms with E-state index < -0.39 is 0 Å². The highest BCUT2D eigenvalue weighted by Gasteiger charge is 2.29. The highest BCUT2D eigenvalue weighted by Crippen LogP contribution is 2.25. The van der Waals surface area contributed by atoms with E-state index in [9.17, 15) is 14.4 Å². The summed E-state index contributed by atoms with van der Waals surface area (Å²) in [5, 5.41) is 1.60. The van der Waals surface area contributed by atoms with E-state index in [1.807, 2.05) is 36.1 Å². The van der Waals surface area contributed by atoms with Crippen LogP contribution in [0.25, 0.3) is 10.8 Å². The fourth-order valence-corrected chi connectivity index (χ4v) is 4.39. The number of carbonyl (C=O) groups excluding carboxylic acids is 2. The van der Waals surface area contributed by atoms with Gasteiger partial charge in [0, 0.05) is 30.6 Å². The monoisotopic (exact) mass is 397 g/mol. The average molecular weight is 397 g/mol. The first kappa shape index (κ1) is 19.6. The summed E-state index contributed by atoms with van der Waals surface area (Å²) in [6, 6.07) is 7.56. The van der Waals surface area contributed by atoms with E-state index in [1.54, 1.807) is 0 Å². The van der Waals surface area contributed by atoms with Gasteiger partial charge in [-0.3, -0.25) is 19.3 Å². The van der Waals surface area contributed by atoms with Crippen molar-refractivity contribution in [2.45, 2.75) is 32.7 Å². The number of esters is 1. The first-order valence-electron chi connectivity index (χ1n) is 10.4. The van der Waals surface area contributed by atoms with Crippen molar-refractivity contribution >= 4 is 22.6 Å². The minimum Gasteiger partial charge on any atom is -0.466 e. The van der Waals surface area contributed by atoms with Gasteiger partial charge in [-0.1, -0.05) is 18.2 Å². The minimum absolute atomic E-state index is 0.0497. The van der Waals surface area contributed by atoms with E-state index in [-0.39, 0.29) is 23.4 Å². The number of H-pyrrole nitrogens is 1. The Bertz CT molecular complexity index is 976. The molecule has 3 heterocycles. The molecule has 2 aromatic rings. The molecule has 154 valence electrons. The molecule has 2 aliphatic rings. The van der Waals surface area contributed by atoms with Crippen LogP contribution in [0.3, 0.4) is 0 Å². The smallest absolute Gasteiger partial charge is 0.309 e. The predicted octanol–water partition coefficient (Wildman–Crippen LogP) is 1.69. The molecule has 1 aromatic heterocycles. The van der Waals surface area contributed by atoms with E-state index in [1.165, 1.54) is 0 Å². The van der Waals surface area contributed by atoms with E-state index >= 15 is 0 Å². The number of aromatic amines is 1. The molecule has 0 unspecified atom stereocenters. The number of piperidine rings is 1. The molecule has 2 aliphatic heterocycles. The number of hydrogen-bond donors (Lipinski definition) is 1. The Morgan fingerprint density at radius 3 is 2.59 bits per heavy atom. The summed E-state index contributed by atoms with van der Waals surface area (Å²) in [4.78, 5) is 44.1. The number of carbonyl (C=O) groups is 2. The molecule has 0 atom stereocenters. The third kappa shape index (κ3) is 4.05. The second kappa shape index (κ2) is 8.37. The Balaban J connectivity index is 1.40. The first-order chi connectivity index (χ1) is 14.1. The van der Waals surface area contributed by atoms with Gasteiger partial charge in [-0.2, -0.15) is 0 Å². The molecule has 0 spiro atoms. The van der Waals surface area contributed by atoms with Crippen molar-refractivity contribution in [1.82, 2.24) is 14.8 Å². The van der Waals surface area contributed by atoms with Crippen LogP contribution in [0, 0.1) is 5.92 Å². The van der Waals surface area contributed by atoms with Gasteiger partial charge in [0.15, 0.2) is 0 Å². The largest absolute Gasteiger partial charge is 0.466 e. The van der Waals surface area contributed by atoms with Crippen LogP contribution >= 0.6 is 0 Å². The van der Waals surface area contributed by atoms with Crippen molar-refractivity contribution in [2.24, 2.45) is 5.92 Å². The molecule has 4 rings (SSSR count). The van der Waals surface area contributed by atoms with E-state index in [4.69, 9.17) is 4.74 Å². The zero-order chi connectivity index (χ0) is 20.4. The fraction of sp³-hybridized carbons (Fsp3) is 0.500. The number of amides is 1. The van der Waals surface area contributed by atoms with Crippen LogP contribution in [0.2, 0.25) is 0 Å². The van der Waals surface area contributed by atoms with Crippen molar-refractivity contribution < 1.29 is 14.3 Å². The molecule has 7 nitrogen and oxygen atoms in total. The Kier molecular flexibility index (Phi) is 5.67. The lowest BCUT2D eigenvalue weighted by atomic mass is 9.96. The Morgan fingerprint density at radius 1 is 1.14 bits per heavy atom. The standard InChI is InChI=1S/C22H27N3O4/c1-2-29-22(28)15-7-10-24(11-8-15)14-20(26)25-12-9-19-18(13-25)16-5-3-4-6-17(16)21(27)23-19/h3-6,15H,2,7-14H2,1H3,(H,23,27). The molecule has 1 aromatic carbocycles. The van der Waals surface area contributed by atoms with Gasteiger partial charge in [0.2, 0.25) is 5.91 Å². The Labute approximate surface area is 169 Å². The molecule has 0 aliphatic carbocycles. The zero-order valence-corrected chi connectivity index (χ0v) is 16.8. The van der Waals surface area contributed by atoms with Gasteiger partial charge in [-0.15, -0.1) is 0 Å². The van der Waals surface area contributed by atoms with Crippen LogP contribution in [0.5, 0.6) is 0 Å². The van der Waals surface area contributed by atoms with Crippen LogP contribution in [0.4, 0.5) is 0 Å². The predicted molar refractivity (Wildman–Crippen MR) is 109 cm³/mol. The fourth-order valence-electron chi connectivity index (χ4n) is 4.39. The van der Waals surface area contributed by atoms with Crippen LogP contribution < -0.4 is 5.56 Å². The van der Waals surface area contributed by atoms with Crippen LogP contribution in [0.15, 0.2) is 29.1 Å². The highest BCUT2D eigenvalue weighted by molar-refractivity contribution is 5.86. The zero-order valence-electron chi connectivity index (χ0n) is 16.8. The van der Waals surface area contributed by atoms with E-state index in [2.05, 4.69) is 9.88 Å². The second-order valence-corrected chi connectivity index (χ2v) is 7.82. The molecule has 1 saturated heterocycles. The molecular weight excluding hydrogens is 370 g/mol. The van der Waals surface area contributed by atoms with Gasteiger partial charge in [0.1, 0.15) is 0 Å². The quantitative estimate of drug-likeness (QED) is 0.794. The SMILES string of the molecule is CCOC(=O)C1CCN(CC(=O)N2CCc3[nH]c(=O)c4ccccc4c3C2)CC1. The first-order valence-corrected chi connectivity index (χ1v) is 10.4. The third-order valence-corrected chi connectivity index (χ3v) is 6.03. The summed E-state index contributed by atoms with van der Waals surface area (Å²) in [5.41, 5.74) is 1.91. The van der Waals surface area contributed by atoms with E-state index in [0.717, 1.165) is 42.6 Å². The summed E-state index contributed by atoms with van der Waals surface area (Å²) in [6.45, 7) is 5.19. The van der Waals surface area contributed by atoms with Crippen LogP contribution in [-0.2, 0) is 27.3 Å². The molecule has 0 saturated carbocycles. The number of pyridine rings is 1. The molecule has 1 N–H and O–H groups in total. The lowest BCUT2D eigenvalue weighted by Gasteiger charge is -2.34. The molecular formula is C22H27N3O4. The molecule has 1 amide bonds. The third-order valence-electron chi connectivity index (χ3n) is 6.03. The van der Waals surface area contributed by atoms with Gasteiger partial charge < -0.3 is 14.6 Å². The lowest BCUT2D eigenvalue weighted by molar-refractivity contribution is -0.149. The number of aromatic nitrogens is 1. The van der Waals surface area contributed by atoms with Crippen molar-refractivity contribution in [3.05, 3.63) is 45.9 Å². The van der Waals surface area contributed by atoms with E-state index in [0.29, 0.717) is 38.0 Å². The Morgan fingerprint density at radius 2 is 1.86 bits per heavy atom. The minimum atomic E-state index is -0.119. The summed E-state index contributed by atoms with van der Waals surface area (Å²) < 4.78 is 5.11. The highest BCUT2D eigenvalue weighted by atomic mass is 16.5. The number of benzene rings is 1. The van der Waals surface area contributed by atoms with Gasteiger partial charge in [-0.05, 0) is 49.9 Å². The second-order valence-electron chi connectivity index (χ2n) is 7.82. The summed E-state index contributed by atoms with van der Waals surface area (Å²) in [5.74, 6) is -0.0705. The number of likely N-dealkylation sites (tertiary alicyclic amines) is 1. The number of rotatable bonds is 4. The molecule has 0 radical (unpaired) electrons. The maximum atomic E-state index is 12.9. The maximum Gasteiger partial charge on any atom is 0.309 e. The van der Waals surface area contributed by atoms with Crippen molar-refractivity contribution in [2.75, 3.05) is 32.8 Å². The molecule has 29 heavy (non-hydrogen) atoms. The molecule has 0 bridgehead atoms. The average Bonchev–Trinajstić information content (AvgIpc) is 2.74. The summed E-state index contributed by atoms with van der Waals surface area (Å²) in [6.07, 6.45) is 2.13. The number of hydrogen-bond acceptors (Lipinski definition) is 5. The van der Waals surface area contributed by atoms with Crippen molar-refractivity contribution in [3.63, 3.8) is 0 Å². The normalized spacial score (nSPS) is 17.9. The Hall–Kier alpha value is -2.67. The van der Waals surface area contributed by atoms with Crippen LogP contribution in [0.1, 0.15) is 31.0 Å². The topological polar surface area (TPSA) is 82.7 Å². The summed E-state index contributed by atoms with van der Waals surface area (Å²) in [7, 11) is 0. The number of nitrogens with one attached hydrogen (secondary N) is 1. The van der Waals surface area contributed by atoms with Crippen molar-refractivity contribution in [3.8, 4) is 0 Å².